The quantitative estimate of drug-likeness (QED) is 0.838. The first-order valence-electron chi connectivity index (χ1n) is 8.37. The van der Waals surface area contributed by atoms with E-state index in [1.807, 2.05) is 17.0 Å². The zero-order valence-corrected chi connectivity index (χ0v) is 13.3. The van der Waals surface area contributed by atoms with E-state index in [2.05, 4.69) is 19.1 Å². The van der Waals surface area contributed by atoms with E-state index in [9.17, 15) is 9.59 Å². The van der Waals surface area contributed by atoms with Gasteiger partial charge in [-0.2, -0.15) is 0 Å². The molecular formula is C18H24N2O2. The summed E-state index contributed by atoms with van der Waals surface area (Å²) >= 11 is 0. The molecule has 2 aliphatic rings. The summed E-state index contributed by atoms with van der Waals surface area (Å²) in [6, 6.07) is 8.23. The van der Waals surface area contributed by atoms with E-state index in [4.69, 9.17) is 0 Å². The monoisotopic (exact) mass is 300 g/mol. The lowest BCUT2D eigenvalue weighted by atomic mass is 10.0. The highest BCUT2D eigenvalue weighted by Gasteiger charge is 2.38. The summed E-state index contributed by atoms with van der Waals surface area (Å²) in [4.78, 5) is 28.1. The summed E-state index contributed by atoms with van der Waals surface area (Å²) in [5, 5.41) is 0. The van der Waals surface area contributed by atoms with Crippen molar-refractivity contribution in [2.45, 2.75) is 39.0 Å². The van der Waals surface area contributed by atoms with Gasteiger partial charge >= 0.3 is 0 Å². The van der Waals surface area contributed by atoms with Crippen LogP contribution in [0.1, 0.15) is 38.2 Å². The second-order valence-electron chi connectivity index (χ2n) is 6.35. The van der Waals surface area contributed by atoms with Gasteiger partial charge in [-0.05, 0) is 37.0 Å². The molecule has 1 atom stereocenters. The van der Waals surface area contributed by atoms with Crippen LogP contribution in [0.15, 0.2) is 24.3 Å². The molecule has 1 aromatic carbocycles. The largest absolute Gasteiger partial charge is 0.342 e. The average Bonchev–Trinajstić information content (AvgIpc) is 2.86. The van der Waals surface area contributed by atoms with Gasteiger partial charge in [-0.1, -0.05) is 25.5 Å². The van der Waals surface area contributed by atoms with Gasteiger partial charge in [0.15, 0.2) is 0 Å². The Morgan fingerprint density at radius 1 is 1.23 bits per heavy atom. The summed E-state index contributed by atoms with van der Waals surface area (Å²) in [7, 11) is 0. The molecular weight excluding hydrogens is 276 g/mol. The lowest BCUT2D eigenvalue weighted by Crippen LogP contribution is -2.45. The molecule has 0 aromatic heterocycles. The van der Waals surface area contributed by atoms with Crippen LogP contribution in [0.25, 0.3) is 0 Å². The molecule has 0 aliphatic carbocycles. The molecule has 118 valence electrons. The Balaban J connectivity index is 1.64. The lowest BCUT2D eigenvalue weighted by molar-refractivity contribution is -0.139. The fraction of sp³-hybridized carbons (Fsp3) is 0.556. The lowest BCUT2D eigenvalue weighted by Gasteiger charge is -2.32. The van der Waals surface area contributed by atoms with E-state index in [1.165, 1.54) is 18.4 Å². The van der Waals surface area contributed by atoms with E-state index in [1.54, 1.807) is 4.90 Å². The van der Waals surface area contributed by atoms with Gasteiger partial charge in [-0.15, -0.1) is 0 Å². The zero-order chi connectivity index (χ0) is 15.5. The topological polar surface area (TPSA) is 40.6 Å². The Bertz CT molecular complexity index is 549. The third kappa shape index (κ3) is 3.01. The van der Waals surface area contributed by atoms with E-state index in [-0.39, 0.29) is 17.7 Å². The number of amides is 2. The first-order chi connectivity index (χ1) is 10.7. The van der Waals surface area contributed by atoms with Gasteiger partial charge in [0, 0.05) is 31.7 Å². The Morgan fingerprint density at radius 2 is 1.95 bits per heavy atom. The highest BCUT2D eigenvalue weighted by molar-refractivity contribution is 6.00. The van der Waals surface area contributed by atoms with Gasteiger partial charge in [-0.3, -0.25) is 9.59 Å². The predicted molar refractivity (Wildman–Crippen MR) is 86.7 cm³/mol. The minimum Gasteiger partial charge on any atom is -0.342 e. The molecule has 0 bridgehead atoms. The summed E-state index contributed by atoms with van der Waals surface area (Å²) in [5.41, 5.74) is 2.23. The molecule has 0 radical (unpaired) electrons. The summed E-state index contributed by atoms with van der Waals surface area (Å²) in [6.07, 6.45) is 4.91. The van der Waals surface area contributed by atoms with Crippen LogP contribution >= 0.6 is 0 Å². The summed E-state index contributed by atoms with van der Waals surface area (Å²) in [6.45, 7) is 4.43. The van der Waals surface area contributed by atoms with Crippen LogP contribution in [0.5, 0.6) is 0 Å². The maximum atomic E-state index is 12.3. The van der Waals surface area contributed by atoms with Crippen molar-refractivity contribution in [1.29, 1.82) is 0 Å². The predicted octanol–water partition coefficient (Wildman–Crippen LogP) is 2.61. The highest BCUT2D eigenvalue weighted by Crippen LogP contribution is 2.27. The molecule has 2 aliphatic heterocycles. The molecule has 2 heterocycles. The second kappa shape index (κ2) is 6.51. The third-order valence-electron chi connectivity index (χ3n) is 4.71. The molecule has 1 aromatic rings. The fourth-order valence-corrected chi connectivity index (χ4v) is 3.14. The van der Waals surface area contributed by atoms with Gasteiger partial charge in [-0.25, -0.2) is 0 Å². The van der Waals surface area contributed by atoms with Crippen LogP contribution in [-0.2, 0) is 16.0 Å². The maximum absolute atomic E-state index is 12.3. The molecule has 1 unspecified atom stereocenters. The van der Waals surface area contributed by atoms with Crippen molar-refractivity contribution in [1.82, 2.24) is 4.90 Å². The van der Waals surface area contributed by atoms with Gasteiger partial charge < -0.3 is 9.80 Å². The second-order valence-corrected chi connectivity index (χ2v) is 6.35. The van der Waals surface area contributed by atoms with Gasteiger partial charge in [0.1, 0.15) is 0 Å². The minimum absolute atomic E-state index is 0.0696. The smallest absolute Gasteiger partial charge is 0.228 e. The number of rotatable bonds is 5. The van der Waals surface area contributed by atoms with E-state index >= 15 is 0 Å². The SMILES string of the molecule is CCCCc1ccc(N2CC(C(=O)N3CCC3)CC2=O)cc1. The molecule has 3 rings (SSSR count). The summed E-state index contributed by atoms with van der Waals surface area (Å²) < 4.78 is 0. The number of likely N-dealkylation sites (tertiary alicyclic amines) is 1. The number of carbonyl (C=O) groups is 2. The molecule has 2 saturated heterocycles. The van der Waals surface area contributed by atoms with Crippen LogP contribution in [0.4, 0.5) is 5.69 Å². The number of hydrogen-bond acceptors (Lipinski definition) is 2. The zero-order valence-electron chi connectivity index (χ0n) is 13.3. The van der Waals surface area contributed by atoms with Crippen LogP contribution in [0.2, 0.25) is 0 Å². The van der Waals surface area contributed by atoms with Crippen molar-refractivity contribution in [3.8, 4) is 0 Å². The van der Waals surface area contributed by atoms with Crippen molar-refractivity contribution in [2.24, 2.45) is 5.92 Å². The van der Waals surface area contributed by atoms with Crippen molar-refractivity contribution in [2.75, 3.05) is 24.5 Å². The van der Waals surface area contributed by atoms with Crippen molar-refractivity contribution >= 4 is 17.5 Å². The van der Waals surface area contributed by atoms with Gasteiger partial charge in [0.2, 0.25) is 11.8 Å². The molecule has 2 amide bonds. The normalized spacial score (nSPS) is 21.1. The number of nitrogens with zero attached hydrogens (tertiary/aromatic N) is 2. The molecule has 4 nitrogen and oxygen atoms in total. The number of anilines is 1. The van der Waals surface area contributed by atoms with Crippen molar-refractivity contribution in [3.63, 3.8) is 0 Å². The standard InChI is InChI=1S/C18H24N2O2/c1-2-3-5-14-6-8-16(9-7-14)20-13-15(12-17(20)21)18(22)19-10-4-11-19/h6-9,15H,2-5,10-13H2,1H3. The van der Waals surface area contributed by atoms with Crippen molar-refractivity contribution in [3.05, 3.63) is 29.8 Å². The van der Waals surface area contributed by atoms with Gasteiger partial charge in [0.25, 0.3) is 0 Å². The van der Waals surface area contributed by atoms with Crippen LogP contribution in [-0.4, -0.2) is 36.3 Å². The van der Waals surface area contributed by atoms with Crippen LogP contribution in [0.3, 0.4) is 0 Å². The summed E-state index contributed by atoms with van der Waals surface area (Å²) in [5.74, 6) is 0.0643. The molecule has 2 fully saturated rings. The van der Waals surface area contributed by atoms with E-state index in [0.717, 1.165) is 31.6 Å². The Morgan fingerprint density at radius 3 is 2.55 bits per heavy atom. The highest BCUT2D eigenvalue weighted by atomic mass is 16.2. The number of carbonyl (C=O) groups excluding carboxylic acids is 2. The Hall–Kier alpha value is -1.84. The molecule has 22 heavy (non-hydrogen) atoms. The Kier molecular flexibility index (Phi) is 4.46. The number of aryl methyl sites for hydroxylation is 1. The number of unbranched alkanes of at least 4 members (excludes halogenated alkanes) is 1. The molecule has 0 saturated carbocycles. The van der Waals surface area contributed by atoms with Crippen LogP contribution < -0.4 is 4.90 Å². The molecule has 0 spiro atoms. The third-order valence-corrected chi connectivity index (χ3v) is 4.71. The van der Waals surface area contributed by atoms with E-state index in [0.29, 0.717) is 13.0 Å². The van der Waals surface area contributed by atoms with Gasteiger partial charge in [0.05, 0.1) is 5.92 Å². The van der Waals surface area contributed by atoms with Crippen molar-refractivity contribution < 1.29 is 9.59 Å². The van der Waals surface area contributed by atoms with Crippen LogP contribution in [0, 0.1) is 5.92 Å². The Labute approximate surface area is 132 Å². The first kappa shape index (κ1) is 15.1. The van der Waals surface area contributed by atoms with E-state index < -0.39 is 0 Å². The molecule has 0 N–H and O–H groups in total. The number of benzene rings is 1. The average molecular weight is 300 g/mol. The molecule has 4 heteroatoms. The maximum Gasteiger partial charge on any atom is 0.228 e. The number of hydrogen-bond donors (Lipinski definition) is 0. The minimum atomic E-state index is -0.160. The fourth-order valence-electron chi connectivity index (χ4n) is 3.14. The first-order valence-corrected chi connectivity index (χ1v) is 8.37.